The number of ether oxygens (including phenoxy) is 1. The molecule has 6 heteroatoms. The summed E-state index contributed by atoms with van der Waals surface area (Å²) in [5.41, 5.74) is 0.685. The largest absolute Gasteiger partial charge is 0.495 e. The van der Waals surface area contributed by atoms with Crippen LogP contribution in [0.4, 0.5) is 21.8 Å². The first kappa shape index (κ1) is 12.1. The Morgan fingerprint density at radius 1 is 1.44 bits per heavy atom. The van der Waals surface area contributed by atoms with Gasteiger partial charge in [0.05, 0.1) is 19.0 Å². The maximum absolute atomic E-state index is 13.2. The van der Waals surface area contributed by atoms with E-state index in [4.69, 9.17) is 4.74 Å². The summed E-state index contributed by atoms with van der Waals surface area (Å²) in [6, 6.07) is 8.07. The third-order valence-electron chi connectivity index (χ3n) is 2.27. The second kappa shape index (κ2) is 5.31. The van der Waals surface area contributed by atoms with Crippen LogP contribution in [-0.2, 0) is 0 Å². The topological polar surface area (TPSA) is 59.1 Å². The summed E-state index contributed by atoms with van der Waals surface area (Å²) in [6.07, 6.45) is 1.10. The van der Waals surface area contributed by atoms with Gasteiger partial charge in [-0.25, -0.2) is 9.37 Å². The fourth-order valence-electron chi connectivity index (χ4n) is 1.41. The molecule has 0 spiro atoms. The first-order chi connectivity index (χ1) is 8.74. The van der Waals surface area contributed by atoms with Gasteiger partial charge in [0.15, 0.2) is 11.6 Å². The first-order valence-corrected chi connectivity index (χ1v) is 5.26. The summed E-state index contributed by atoms with van der Waals surface area (Å²) in [6.45, 7) is 0. The Labute approximate surface area is 104 Å². The van der Waals surface area contributed by atoms with Gasteiger partial charge in [-0.1, -0.05) is 6.07 Å². The molecule has 0 fully saturated rings. The van der Waals surface area contributed by atoms with E-state index in [1.807, 2.05) is 0 Å². The van der Waals surface area contributed by atoms with Gasteiger partial charge in [-0.2, -0.15) is 4.98 Å². The average Bonchev–Trinajstić information content (AvgIpc) is 2.41. The Hall–Kier alpha value is -2.37. The summed E-state index contributed by atoms with van der Waals surface area (Å²) < 4.78 is 18.4. The van der Waals surface area contributed by atoms with Crippen LogP contribution in [0, 0.1) is 11.9 Å². The molecule has 0 amide bonds. The lowest BCUT2D eigenvalue weighted by atomic mass is 10.3. The number of rotatable bonds is 4. The van der Waals surface area contributed by atoms with Crippen molar-refractivity contribution in [1.29, 1.82) is 0 Å². The van der Waals surface area contributed by atoms with Crippen LogP contribution in [-0.4, -0.2) is 24.1 Å². The molecule has 18 heavy (non-hydrogen) atoms. The molecule has 0 unspecified atom stereocenters. The van der Waals surface area contributed by atoms with E-state index in [0.29, 0.717) is 11.4 Å². The molecule has 1 aromatic carbocycles. The SMILES string of the molecule is CNc1nc(Nc2cc[c]cc2OC)ncc1F. The van der Waals surface area contributed by atoms with E-state index in [0.717, 1.165) is 6.20 Å². The van der Waals surface area contributed by atoms with Crippen LogP contribution in [0.15, 0.2) is 24.4 Å². The van der Waals surface area contributed by atoms with Gasteiger partial charge in [-0.05, 0) is 18.2 Å². The van der Waals surface area contributed by atoms with E-state index < -0.39 is 5.82 Å². The lowest BCUT2D eigenvalue weighted by Crippen LogP contribution is -2.03. The third kappa shape index (κ3) is 2.48. The van der Waals surface area contributed by atoms with Gasteiger partial charge in [0.25, 0.3) is 0 Å². The molecular weight excluding hydrogens is 235 g/mol. The molecule has 2 rings (SSSR count). The Bertz CT molecular complexity index is 547. The van der Waals surface area contributed by atoms with Crippen LogP contribution >= 0.6 is 0 Å². The van der Waals surface area contributed by atoms with Crippen molar-refractivity contribution < 1.29 is 9.13 Å². The number of methoxy groups -OCH3 is 1. The molecule has 1 heterocycles. The quantitative estimate of drug-likeness (QED) is 0.867. The molecule has 0 bridgehead atoms. The maximum Gasteiger partial charge on any atom is 0.229 e. The van der Waals surface area contributed by atoms with Gasteiger partial charge in [0, 0.05) is 7.05 Å². The van der Waals surface area contributed by atoms with Gasteiger partial charge in [-0.15, -0.1) is 0 Å². The Balaban J connectivity index is 2.28. The van der Waals surface area contributed by atoms with Crippen molar-refractivity contribution in [3.8, 4) is 5.75 Å². The summed E-state index contributed by atoms with van der Waals surface area (Å²) in [4.78, 5) is 7.84. The molecule has 0 aliphatic rings. The van der Waals surface area contributed by atoms with Gasteiger partial charge in [0.1, 0.15) is 5.75 Å². The van der Waals surface area contributed by atoms with E-state index >= 15 is 0 Å². The second-order valence-corrected chi connectivity index (χ2v) is 3.39. The highest BCUT2D eigenvalue weighted by molar-refractivity contribution is 5.62. The molecule has 0 atom stereocenters. The van der Waals surface area contributed by atoms with Gasteiger partial charge < -0.3 is 15.4 Å². The fourth-order valence-corrected chi connectivity index (χ4v) is 1.41. The van der Waals surface area contributed by atoms with Crippen LogP contribution < -0.4 is 15.4 Å². The summed E-state index contributed by atoms with van der Waals surface area (Å²) in [5.74, 6) is 0.520. The van der Waals surface area contributed by atoms with E-state index in [1.165, 1.54) is 0 Å². The third-order valence-corrected chi connectivity index (χ3v) is 2.27. The van der Waals surface area contributed by atoms with Crippen LogP contribution in [0.1, 0.15) is 0 Å². The highest BCUT2D eigenvalue weighted by atomic mass is 19.1. The molecule has 2 aromatic rings. The van der Waals surface area contributed by atoms with Gasteiger partial charge >= 0.3 is 0 Å². The number of hydrogen-bond acceptors (Lipinski definition) is 5. The van der Waals surface area contributed by atoms with Crippen molar-refractivity contribution in [1.82, 2.24) is 9.97 Å². The molecule has 93 valence electrons. The standard InChI is InChI=1S/C12H12FN4O/c1-14-11-8(13)7-15-12(17-11)16-9-5-3-4-6-10(9)18-2/h3,5-7H,1-2H3,(H2,14,15,16,17). The molecule has 0 saturated heterocycles. The van der Waals surface area contributed by atoms with E-state index in [2.05, 4.69) is 26.7 Å². The van der Waals surface area contributed by atoms with Crippen molar-refractivity contribution in [3.63, 3.8) is 0 Å². The van der Waals surface area contributed by atoms with Crippen LogP contribution in [0.3, 0.4) is 0 Å². The van der Waals surface area contributed by atoms with Crippen LogP contribution in [0.5, 0.6) is 5.75 Å². The molecular formula is C12H12FN4O. The summed E-state index contributed by atoms with van der Waals surface area (Å²) in [7, 11) is 3.14. The lowest BCUT2D eigenvalue weighted by Gasteiger charge is -2.10. The number of benzene rings is 1. The van der Waals surface area contributed by atoms with Crippen molar-refractivity contribution in [3.05, 3.63) is 36.3 Å². The molecule has 0 aliphatic carbocycles. The molecule has 0 aliphatic heterocycles. The number of hydrogen-bond donors (Lipinski definition) is 2. The minimum absolute atomic E-state index is 0.133. The lowest BCUT2D eigenvalue weighted by molar-refractivity contribution is 0.416. The monoisotopic (exact) mass is 247 g/mol. The van der Waals surface area contributed by atoms with E-state index in [9.17, 15) is 4.39 Å². The average molecular weight is 247 g/mol. The number of anilines is 3. The normalized spacial score (nSPS) is 9.94. The predicted octanol–water partition coefficient (Wildman–Crippen LogP) is 2.21. The zero-order chi connectivity index (χ0) is 13.0. The van der Waals surface area contributed by atoms with Crippen LogP contribution in [0.2, 0.25) is 0 Å². The zero-order valence-electron chi connectivity index (χ0n) is 9.99. The predicted molar refractivity (Wildman–Crippen MR) is 66.6 cm³/mol. The van der Waals surface area contributed by atoms with Crippen molar-refractivity contribution >= 4 is 17.5 Å². The van der Waals surface area contributed by atoms with Gasteiger partial charge in [-0.3, -0.25) is 0 Å². The Morgan fingerprint density at radius 2 is 2.28 bits per heavy atom. The minimum Gasteiger partial charge on any atom is -0.495 e. The fraction of sp³-hybridized carbons (Fsp3) is 0.167. The molecule has 1 radical (unpaired) electrons. The second-order valence-electron chi connectivity index (χ2n) is 3.39. The molecule has 2 N–H and O–H groups in total. The summed E-state index contributed by atoms with van der Waals surface area (Å²) >= 11 is 0. The highest BCUT2D eigenvalue weighted by Gasteiger charge is 2.07. The number of nitrogens with zero attached hydrogens (tertiary/aromatic N) is 2. The molecule has 0 saturated carbocycles. The molecule has 5 nitrogen and oxygen atoms in total. The minimum atomic E-state index is -0.503. The Morgan fingerprint density at radius 3 is 3.00 bits per heavy atom. The maximum atomic E-state index is 13.2. The molecule has 1 aromatic heterocycles. The number of nitrogens with one attached hydrogen (secondary N) is 2. The van der Waals surface area contributed by atoms with Gasteiger partial charge in [0.2, 0.25) is 5.95 Å². The zero-order valence-corrected chi connectivity index (χ0v) is 9.99. The van der Waals surface area contributed by atoms with E-state index in [1.54, 1.807) is 32.4 Å². The van der Waals surface area contributed by atoms with Crippen molar-refractivity contribution in [2.45, 2.75) is 0 Å². The Kier molecular flexibility index (Phi) is 3.57. The van der Waals surface area contributed by atoms with Crippen molar-refractivity contribution in [2.24, 2.45) is 0 Å². The number of halogens is 1. The highest BCUT2D eigenvalue weighted by Crippen LogP contribution is 2.25. The van der Waals surface area contributed by atoms with Crippen molar-refractivity contribution in [2.75, 3.05) is 24.8 Å². The van der Waals surface area contributed by atoms with Crippen LogP contribution in [0.25, 0.3) is 0 Å². The first-order valence-electron chi connectivity index (χ1n) is 5.26. The number of aromatic nitrogens is 2. The van der Waals surface area contributed by atoms with E-state index in [-0.39, 0.29) is 11.8 Å². The summed E-state index contributed by atoms with van der Waals surface area (Å²) in [5, 5.41) is 5.60. The smallest absolute Gasteiger partial charge is 0.229 e.